The Bertz CT molecular complexity index is 946. The van der Waals surface area contributed by atoms with Gasteiger partial charge in [-0.25, -0.2) is 14.4 Å². The lowest BCUT2D eigenvalue weighted by Gasteiger charge is -2.11. The maximum atomic E-state index is 13.2. The van der Waals surface area contributed by atoms with E-state index in [-0.39, 0.29) is 5.02 Å². The fraction of sp³-hybridized carbons (Fsp3) is 0.222. The average molecular weight is 359 g/mol. The number of nitrogens with zero attached hydrogens (tertiary/aromatic N) is 2. The smallest absolute Gasteiger partial charge is 0.227 e. The highest BCUT2D eigenvalue weighted by molar-refractivity contribution is 6.31. The van der Waals surface area contributed by atoms with Crippen LogP contribution in [0.5, 0.6) is 5.75 Å². The normalized spacial score (nSPS) is 13.8. The van der Waals surface area contributed by atoms with Crippen LogP contribution in [0.25, 0.3) is 10.9 Å². The van der Waals surface area contributed by atoms with Crippen LogP contribution in [0.1, 0.15) is 12.8 Å². The minimum absolute atomic E-state index is 0.0364. The standard InChI is InChI=1S/C18H16ClFN4O/c19-13-6-12(3-4-14(13)20)23-18-22-8-11-5-15(21)17(7-16(11)24-18)25-9-10-1-2-10/h3-8,10H,1-2,9,21H2,(H,22,23,24). The lowest BCUT2D eigenvalue weighted by atomic mass is 10.2. The summed E-state index contributed by atoms with van der Waals surface area (Å²) in [6, 6.07) is 7.96. The van der Waals surface area contributed by atoms with E-state index < -0.39 is 5.82 Å². The summed E-state index contributed by atoms with van der Waals surface area (Å²) in [5.41, 5.74) is 7.93. The van der Waals surface area contributed by atoms with E-state index in [1.807, 2.05) is 6.07 Å². The van der Waals surface area contributed by atoms with Gasteiger partial charge in [0.05, 0.1) is 22.8 Å². The van der Waals surface area contributed by atoms with Crippen LogP contribution in [0.2, 0.25) is 5.02 Å². The first-order chi connectivity index (χ1) is 12.1. The van der Waals surface area contributed by atoms with Gasteiger partial charge < -0.3 is 15.8 Å². The number of halogens is 2. The monoisotopic (exact) mass is 358 g/mol. The summed E-state index contributed by atoms with van der Waals surface area (Å²) in [4.78, 5) is 8.73. The Labute approximate surface area is 149 Å². The minimum atomic E-state index is -0.473. The summed E-state index contributed by atoms with van der Waals surface area (Å²) in [5.74, 6) is 1.18. The number of fused-ring (bicyclic) bond motifs is 1. The van der Waals surface area contributed by atoms with E-state index in [4.69, 9.17) is 22.1 Å². The third-order valence-electron chi connectivity index (χ3n) is 4.06. The molecule has 5 nitrogen and oxygen atoms in total. The van der Waals surface area contributed by atoms with Gasteiger partial charge in [-0.1, -0.05) is 11.6 Å². The molecule has 4 rings (SSSR count). The van der Waals surface area contributed by atoms with Gasteiger partial charge in [-0.3, -0.25) is 0 Å². The molecule has 0 spiro atoms. The van der Waals surface area contributed by atoms with Gasteiger partial charge in [-0.05, 0) is 43.0 Å². The number of hydrogen-bond donors (Lipinski definition) is 2. The molecule has 1 heterocycles. The number of benzene rings is 2. The van der Waals surface area contributed by atoms with Crippen molar-refractivity contribution in [3.8, 4) is 5.75 Å². The molecule has 0 bridgehead atoms. The van der Waals surface area contributed by atoms with Crippen LogP contribution in [-0.2, 0) is 0 Å². The van der Waals surface area contributed by atoms with Crippen LogP contribution >= 0.6 is 11.6 Å². The molecule has 0 radical (unpaired) electrons. The molecule has 1 aliphatic rings. The second-order valence-corrected chi connectivity index (χ2v) is 6.56. The van der Waals surface area contributed by atoms with Gasteiger partial charge in [0.2, 0.25) is 5.95 Å². The largest absolute Gasteiger partial charge is 0.491 e. The van der Waals surface area contributed by atoms with Crippen LogP contribution in [0, 0.1) is 11.7 Å². The van der Waals surface area contributed by atoms with Crippen molar-refractivity contribution in [3.63, 3.8) is 0 Å². The molecule has 0 saturated heterocycles. The third-order valence-corrected chi connectivity index (χ3v) is 4.35. The lowest BCUT2D eigenvalue weighted by Crippen LogP contribution is -2.03. The quantitative estimate of drug-likeness (QED) is 0.655. The van der Waals surface area contributed by atoms with Crippen molar-refractivity contribution in [2.45, 2.75) is 12.8 Å². The number of nitrogens with one attached hydrogen (secondary N) is 1. The first kappa shape index (κ1) is 15.9. The van der Waals surface area contributed by atoms with Crippen molar-refractivity contribution in [1.82, 2.24) is 9.97 Å². The first-order valence-corrected chi connectivity index (χ1v) is 8.37. The SMILES string of the molecule is Nc1cc2cnc(Nc3ccc(F)c(Cl)c3)nc2cc1OCC1CC1. The summed E-state index contributed by atoms with van der Waals surface area (Å²) in [7, 11) is 0. The van der Waals surface area contributed by atoms with E-state index in [1.54, 1.807) is 18.3 Å². The molecule has 1 saturated carbocycles. The van der Waals surface area contributed by atoms with Crippen LogP contribution < -0.4 is 15.8 Å². The molecular weight excluding hydrogens is 343 g/mol. The second kappa shape index (κ2) is 6.37. The highest BCUT2D eigenvalue weighted by atomic mass is 35.5. The molecular formula is C18H16ClFN4O. The summed E-state index contributed by atoms with van der Waals surface area (Å²) in [6.07, 6.45) is 4.10. The Morgan fingerprint density at radius 3 is 2.88 bits per heavy atom. The zero-order valence-electron chi connectivity index (χ0n) is 13.3. The van der Waals surface area contributed by atoms with Gasteiger partial charge in [0.15, 0.2) is 0 Å². The zero-order valence-corrected chi connectivity index (χ0v) is 14.1. The van der Waals surface area contributed by atoms with E-state index >= 15 is 0 Å². The minimum Gasteiger partial charge on any atom is -0.491 e. The first-order valence-electron chi connectivity index (χ1n) is 7.99. The number of hydrogen-bond acceptors (Lipinski definition) is 5. The van der Waals surface area contributed by atoms with Crippen LogP contribution in [0.3, 0.4) is 0 Å². The Balaban J connectivity index is 1.60. The van der Waals surface area contributed by atoms with E-state index in [1.165, 1.54) is 25.0 Å². The van der Waals surface area contributed by atoms with Crippen LogP contribution in [-0.4, -0.2) is 16.6 Å². The van der Waals surface area contributed by atoms with E-state index in [0.29, 0.717) is 41.1 Å². The number of aromatic nitrogens is 2. The molecule has 0 aliphatic heterocycles. The highest BCUT2D eigenvalue weighted by Crippen LogP contribution is 2.33. The predicted octanol–water partition coefficient (Wildman–Crippen LogP) is 4.54. The Morgan fingerprint density at radius 1 is 1.28 bits per heavy atom. The van der Waals surface area contributed by atoms with Gasteiger partial charge >= 0.3 is 0 Å². The molecule has 25 heavy (non-hydrogen) atoms. The fourth-order valence-corrected chi connectivity index (χ4v) is 2.64. The van der Waals surface area contributed by atoms with Crippen molar-refractivity contribution in [2.75, 3.05) is 17.7 Å². The number of nitrogens with two attached hydrogens (primary N) is 1. The molecule has 3 N–H and O–H groups in total. The maximum absolute atomic E-state index is 13.2. The molecule has 2 aromatic carbocycles. The van der Waals surface area contributed by atoms with Gasteiger partial charge in [0.25, 0.3) is 0 Å². The average Bonchev–Trinajstić information content (AvgIpc) is 3.41. The van der Waals surface area contributed by atoms with Crippen molar-refractivity contribution >= 4 is 39.8 Å². The molecule has 7 heteroatoms. The molecule has 1 fully saturated rings. The van der Waals surface area contributed by atoms with E-state index in [9.17, 15) is 4.39 Å². The van der Waals surface area contributed by atoms with Crippen LogP contribution in [0.4, 0.5) is 21.7 Å². The maximum Gasteiger partial charge on any atom is 0.227 e. The Hall–Kier alpha value is -2.60. The number of rotatable bonds is 5. The highest BCUT2D eigenvalue weighted by Gasteiger charge is 2.22. The van der Waals surface area contributed by atoms with Crippen LogP contribution in [0.15, 0.2) is 36.5 Å². The Morgan fingerprint density at radius 2 is 2.12 bits per heavy atom. The number of nitrogen functional groups attached to an aromatic ring is 1. The van der Waals surface area contributed by atoms with Gasteiger partial charge in [-0.15, -0.1) is 0 Å². The Kier molecular flexibility index (Phi) is 4.05. The van der Waals surface area contributed by atoms with Gasteiger partial charge in [0.1, 0.15) is 11.6 Å². The molecule has 3 aromatic rings. The summed E-state index contributed by atoms with van der Waals surface area (Å²) < 4.78 is 19.0. The molecule has 0 atom stereocenters. The second-order valence-electron chi connectivity index (χ2n) is 6.15. The number of ether oxygens (including phenoxy) is 1. The van der Waals surface area contributed by atoms with E-state index in [2.05, 4.69) is 15.3 Å². The van der Waals surface area contributed by atoms with E-state index in [0.717, 1.165) is 5.39 Å². The molecule has 128 valence electrons. The zero-order chi connectivity index (χ0) is 17.4. The van der Waals surface area contributed by atoms with Gasteiger partial charge in [0, 0.05) is 23.3 Å². The molecule has 0 amide bonds. The number of anilines is 3. The summed E-state index contributed by atoms with van der Waals surface area (Å²) in [5, 5.41) is 3.87. The van der Waals surface area contributed by atoms with Gasteiger partial charge in [-0.2, -0.15) is 0 Å². The summed E-state index contributed by atoms with van der Waals surface area (Å²) in [6.45, 7) is 0.681. The van der Waals surface area contributed by atoms with Crippen molar-refractivity contribution in [2.24, 2.45) is 5.92 Å². The van der Waals surface area contributed by atoms with Crippen molar-refractivity contribution < 1.29 is 9.13 Å². The fourth-order valence-electron chi connectivity index (χ4n) is 2.46. The summed E-state index contributed by atoms with van der Waals surface area (Å²) >= 11 is 5.79. The topological polar surface area (TPSA) is 73.1 Å². The van der Waals surface area contributed by atoms with Crippen molar-refractivity contribution in [1.29, 1.82) is 0 Å². The lowest BCUT2D eigenvalue weighted by molar-refractivity contribution is 0.301. The van der Waals surface area contributed by atoms with Crippen molar-refractivity contribution in [3.05, 3.63) is 47.4 Å². The molecule has 1 aliphatic carbocycles. The third kappa shape index (κ3) is 3.58. The molecule has 0 unspecified atom stereocenters. The molecule has 1 aromatic heterocycles. The predicted molar refractivity (Wildman–Crippen MR) is 96.9 cm³/mol.